The second-order valence-electron chi connectivity index (χ2n) is 3.83. The van der Waals surface area contributed by atoms with Gasteiger partial charge in [-0.05, 0) is 32.3 Å². The first kappa shape index (κ1) is 10.2. The summed E-state index contributed by atoms with van der Waals surface area (Å²) in [5.74, 6) is 0. The Labute approximate surface area is 89.9 Å². The molecule has 1 radical (unpaired) electrons. The van der Waals surface area contributed by atoms with Crippen molar-refractivity contribution in [2.24, 2.45) is 0 Å². The first-order valence-corrected chi connectivity index (χ1v) is 5.31. The minimum atomic E-state index is -0.00190. The number of likely N-dealkylation sites (tertiary alicyclic amines) is 1. The Balaban J connectivity index is 2.20. The molecule has 1 saturated heterocycles. The van der Waals surface area contributed by atoms with Crippen LogP contribution in [-0.4, -0.2) is 27.7 Å². The second kappa shape index (κ2) is 4.45. The topological polar surface area (TPSA) is 55.7 Å². The minimum Gasteiger partial charge on any atom is -0.285 e. The summed E-state index contributed by atoms with van der Waals surface area (Å²) in [5, 5.41) is 16.1. The third-order valence-corrected chi connectivity index (χ3v) is 3.03. The van der Waals surface area contributed by atoms with Gasteiger partial charge in [-0.1, -0.05) is 0 Å². The Hall–Kier alpha value is -1.34. The lowest BCUT2D eigenvalue weighted by molar-refractivity contribution is 0.124. The van der Waals surface area contributed by atoms with E-state index in [9.17, 15) is 0 Å². The van der Waals surface area contributed by atoms with Crippen LogP contribution in [0.3, 0.4) is 0 Å². The van der Waals surface area contributed by atoms with Crippen LogP contribution in [0, 0.1) is 18.3 Å². The van der Waals surface area contributed by atoms with Crippen molar-refractivity contribution < 1.29 is 0 Å². The van der Waals surface area contributed by atoms with Crippen LogP contribution in [0.5, 0.6) is 0 Å². The number of rotatable bonds is 2. The maximum absolute atomic E-state index is 9.06. The molecule has 4 nitrogen and oxygen atoms in total. The second-order valence-corrected chi connectivity index (χ2v) is 3.83. The summed E-state index contributed by atoms with van der Waals surface area (Å²) in [5.41, 5.74) is 1.03. The fourth-order valence-corrected chi connectivity index (χ4v) is 2.28. The van der Waals surface area contributed by atoms with Gasteiger partial charge in [-0.2, -0.15) is 10.4 Å². The van der Waals surface area contributed by atoms with Crippen molar-refractivity contribution in [1.29, 1.82) is 5.26 Å². The van der Waals surface area contributed by atoms with E-state index in [-0.39, 0.29) is 12.1 Å². The highest BCUT2D eigenvalue weighted by Crippen LogP contribution is 2.32. The first-order valence-electron chi connectivity index (χ1n) is 5.31. The van der Waals surface area contributed by atoms with Gasteiger partial charge in [0.2, 0.25) is 0 Å². The summed E-state index contributed by atoms with van der Waals surface area (Å²) in [6.45, 7) is 4.57. The highest BCUT2D eigenvalue weighted by molar-refractivity contribution is 5.10. The van der Waals surface area contributed by atoms with E-state index in [4.69, 9.17) is 5.26 Å². The number of nitrogens with one attached hydrogen (secondary N) is 1. The molecule has 1 aromatic heterocycles. The summed E-state index contributed by atoms with van der Waals surface area (Å²) >= 11 is 0. The summed E-state index contributed by atoms with van der Waals surface area (Å²) in [6, 6.07) is 4.58. The lowest BCUT2D eigenvalue weighted by Gasteiger charge is -2.37. The van der Waals surface area contributed by atoms with Crippen LogP contribution in [0.25, 0.3) is 0 Å². The van der Waals surface area contributed by atoms with Crippen LogP contribution < -0.4 is 0 Å². The number of hydrogen-bond donors (Lipinski definition) is 1. The zero-order valence-electron chi connectivity index (χ0n) is 8.69. The number of nitriles is 1. The summed E-state index contributed by atoms with van der Waals surface area (Å²) in [7, 11) is 0. The molecule has 1 fully saturated rings. The number of aromatic amines is 1. The predicted molar refractivity (Wildman–Crippen MR) is 56.6 cm³/mol. The van der Waals surface area contributed by atoms with E-state index < -0.39 is 0 Å². The predicted octanol–water partition coefficient (Wildman–Crippen LogP) is 1.66. The van der Waals surface area contributed by atoms with Crippen molar-refractivity contribution in [3.63, 3.8) is 0 Å². The van der Waals surface area contributed by atoms with Crippen LogP contribution in [0.4, 0.5) is 0 Å². The largest absolute Gasteiger partial charge is 0.285 e. The van der Waals surface area contributed by atoms with E-state index in [1.807, 2.05) is 12.3 Å². The van der Waals surface area contributed by atoms with Gasteiger partial charge in [0.1, 0.15) is 0 Å². The molecule has 0 aliphatic carbocycles. The van der Waals surface area contributed by atoms with Crippen LogP contribution in [0.2, 0.25) is 0 Å². The van der Waals surface area contributed by atoms with Crippen molar-refractivity contribution in [2.45, 2.75) is 31.3 Å². The van der Waals surface area contributed by atoms with Gasteiger partial charge in [0, 0.05) is 12.7 Å². The van der Waals surface area contributed by atoms with Gasteiger partial charge < -0.3 is 0 Å². The Kier molecular flexibility index (Phi) is 3.02. The maximum Gasteiger partial charge on any atom is 0.0983 e. The Morgan fingerprint density at radius 3 is 3.13 bits per heavy atom. The Bertz CT molecular complexity index is 338. The van der Waals surface area contributed by atoms with Crippen LogP contribution in [0.1, 0.15) is 31.0 Å². The van der Waals surface area contributed by atoms with Gasteiger partial charge in [0.05, 0.1) is 23.8 Å². The molecule has 2 heterocycles. The van der Waals surface area contributed by atoms with Gasteiger partial charge in [-0.3, -0.25) is 10.00 Å². The van der Waals surface area contributed by atoms with E-state index in [2.05, 4.69) is 28.1 Å². The molecule has 2 atom stereocenters. The average Bonchev–Trinajstić information content (AvgIpc) is 2.81. The molecule has 1 N–H and O–H groups in total. The van der Waals surface area contributed by atoms with Gasteiger partial charge >= 0.3 is 0 Å². The third kappa shape index (κ3) is 1.88. The molecule has 4 heteroatoms. The molecule has 0 bridgehead atoms. The molecule has 1 aliphatic heterocycles. The SMILES string of the molecule is [CH2]CN1C(C#N)CCCC1c1cc[nH]n1. The summed E-state index contributed by atoms with van der Waals surface area (Å²) in [6.07, 6.45) is 4.93. The number of hydrogen-bond acceptors (Lipinski definition) is 3. The van der Waals surface area contributed by atoms with Gasteiger partial charge in [-0.25, -0.2) is 0 Å². The summed E-state index contributed by atoms with van der Waals surface area (Å²) < 4.78 is 0. The van der Waals surface area contributed by atoms with Crippen LogP contribution >= 0.6 is 0 Å². The number of aromatic nitrogens is 2. The molecular weight excluding hydrogens is 188 g/mol. The smallest absolute Gasteiger partial charge is 0.0983 e. The molecule has 0 saturated carbocycles. The molecule has 2 rings (SSSR count). The zero-order chi connectivity index (χ0) is 10.7. The van der Waals surface area contributed by atoms with E-state index in [0.29, 0.717) is 6.54 Å². The molecule has 1 aliphatic rings. The van der Waals surface area contributed by atoms with Crippen LogP contribution in [-0.2, 0) is 0 Å². The van der Waals surface area contributed by atoms with Crippen molar-refractivity contribution in [1.82, 2.24) is 15.1 Å². The highest BCUT2D eigenvalue weighted by atomic mass is 15.2. The van der Waals surface area contributed by atoms with Crippen molar-refractivity contribution >= 4 is 0 Å². The fourth-order valence-electron chi connectivity index (χ4n) is 2.28. The molecule has 2 unspecified atom stereocenters. The normalized spacial score (nSPS) is 27.5. The molecule has 15 heavy (non-hydrogen) atoms. The Morgan fingerprint density at radius 1 is 1.67 bits per heavy atom. The quantitative estimate of drug-likeness (QED) is 0.795. The van der Waals surface area contributed by atoms with E-state index >= 15 is 0 Å². The van der Waals surface area contributed by atoms with Crippen molar-refractivity contribution in [2.75, 3.05) is 6.54 Å². The third-order valence-electron chi connectivity index (χ3n) is 3.03. The molecule has 1 aromatic rings. The molecule has 0 aromatic carbocycles. The van der Waals surface area contributed by atoms with Crippen molar-refractivity contribution in [3.05, 3.63) is 24.9 Å². The maximum atomic E-state index is 9.06. The van der Waals surface area contributed by atoms with E-state index in [0.717, 1.165) is 25.0 Å². The molecular formula is C11H15N4. The molecule has 79 valence electrons. The van der Waals surface area contributed by atoms with Gasteiger partial charge in [-0.15, -0.1) is 0 Å². The van der Waals surface area contributed by atoms with Crippen LogP contribution in [0.15, 0.2) is 12.3 Å². The first-order chi connectivity index (χ1) is 7.36. The Morgan fingerprint density at radius 2 is 2.53 bits per heavy atom. The van der Waals surface area contributed by atoms with Gasteiger partial charge in [0.25, 0.3) is 0 Å². The average molecular weight is 203 g/mol. The number of H-pyrrole nitrogens is 1. The zero-order valence-corrected chi connectivity index (χ0v) is 8.69. The minimum absolute atomic E-state index is 0.00190. The fraction of sp³-hybridized carbons (Fsp3) is 0.545. The number of nitrogens with zero attached hydrogens (tertiary/aromatic N) is 3. The monoisotopic (exact) mass is 203 g/mol. The van der Waals surface area contributed by atoms with Crippen molar-refractivity contribution in [3.8, 4) is 6.07 Å². The lowest BCUT2D eigenvalue weighted by Crippen LogP contribution is -2.41. The lowest BCUT2D eigenvalue weighted by atomic mass is 9.94. The van der Waals surface area contributed by atoms with Gasteiger partial charge in [0.15, 0.2) is 0 Å². The summed E-state index contributed by atoms with van der Waals surface area (Å²) in [4.78, 5) is 2.14. The van der Waals surface area contributed by atoms with E-state index in [1.54, 1.807) is 0 Å². The highest BCUT2D eigenvalue weighted by Gasteiger charge is 2.31. The van der Waals surface area contributed by atoms with E-state index in [1.165, 1.54) is 0 Å². The molecule has 0 amide bonds. The molecule has 0 spiro atoms. The standard InChI is InChI=1S/C11H15N4/c1-2-15-9(8-12)4-3-5-11(15)10-6-7-13-14-10/h6-7,9,11H,1-5H2,(H,13,14). The number of piperidine rings is 1.